The van der Waals surface area contributed by atoms with E-state index in [1.807, 2.05) is 48.5 Å². The van der Waals surface area contributed by atoms with Crippen LogP contribution in [0.3, 0.4) is 0 Å². The number of benzene rings is 4. The van der Waals surface area contributed by atoms with Crippen molar-refractivity contribution in [2.24, 2.45) is 0 Å². The van der Waals surface area contributed by atoms with Crippen LogP contribution >= 0.6 is 0 Å². The maximum atomic E-state index is 6.21. The fourth-order valence-electron chi connectivity index (χ4n) is 8.64. The van der Waals surface area contributed by atoms with Crippen LogP contribution in [-0.4, -0.2) is 9.97 Å². The summed E-state index contributed by atoms with van der Waals surface area (Å²) in [6, 6.07) is 33.3. The smallest absolute Gasteiger partial charge is 0.657 e. The Kier molecular flexibility index (Phi) is 9.67. The number of hydrogen-bond donors (Lipinski definition) is 2. The topological polar surface area (TPSA) is 106 Å². The summed E-state index contributed by atoms with van der Waals surface area (Å²) < 4.78 is 0. The first kappa shape index (κ1) is 37.6. The van der Waals surface area contributed by atoms with Crippen LogP contribution in [-0.2, 0) is 19.5 Å². The molecule has 2 aliphatic heterocycles. The second kappa shape index (κ2) is 14.7. The molecule has 8 bridgehead atoms. The molecule has 274 valence electrons. The van der Waals surface area contributed by atoms with Gasteiger partial charge in [0.1, 0.15) is 0 Å². The monoisotopic (exact) mass is 790 g/mol. The van der Waals surface area contributed by atoms with Crippen LogP contribution in [0.25, 0.3) is 90.9 Å². The summed E-state index contributed by atoms with van der Waals surface area (Å²) in [5, 5.41) is 0. The normalized spacial score (nSPS) is 11.9. The van der Waals surface area contributed by atoms with Crippen molar-refractivity contribution < 1.29 is 19.5 Å². The molecule has 0 saturated carbocycles. The van der Waals surface area contributed by atoms with Crippen molar-refractivity contribution in [1.82, 2.24) is 19.9 Å². The second-order valence-corrected chi connectivity index (χ2v) is 15.2. The summed E-state index contributed by atoms with van der Waals surface area (Å²) in [6.07, 6.45) is 8.43. The number of fused-ring (bicyclic) bond motifs is 8. The molecule has 0 amide bonds. The average Bonchev–Trinajstić information content (AvgIpc) is 3.99. The summed E-state index contributed by atoms with van der Waals surface area (Å²) in [7, 11) is 0. The van der Waals surface area contributed by atoms with Crippen LogP contribution in [0.5, 0.6) is 0 Å². The van der Waals surface area contributed by atoms with Gasteiger partial charge in [0.2, 0.25) is 0 Å². The Morgan fingerprint density at radius 2 is 0.649 bits per heavy atom. The van der Waals surface area contributed by atoms with Gasteiger partial charge in [-0.1, -0.05) is 83.9 Å². The number of hydrogen-bond acceptors (Lipinski definition) is 4. The van der Waals surface area contributed by atoms with Gasteiger partial charge in [-0.2, -0.15) is 0 Å². The van der Waals surface area contributed by atoms with Gasteiger partial charge < -0.3 is 21.4 Å². The molecule has 0 atom stereocenters. The molecule has 0 fully saturated rings. The SMILES string of the molecule is Cc1cc(C)c(-c2c3nc(c(-c4ccc(N)cc4)c4ccc([n-]4)c(-c4c(C)cc(C)cc4C)c4nc(c(-c5ccc(N)cc5)c5ccc2[n-]5)C=C4)C=C3)c(C)c1.[Zn+2]. The molecule has 0 aliphatic carbocycles. The molecule has 9 rings (SSSR count). The minimum atomic E-state index is 0. The first-order valence-electron chi connectivity index (χ1n) is 19.0. The number of nitrogens with zero attached hydrogens (tertiary/aromatic N) is 4. The van der Waals surface area contributed by atoms with Crippen molar-refractivity contribution >= 4 is 57.7 Å². The van der Waals surface area contributed by atoms with Gasteiger partial charge in [-0.15, -0.1) is 22.1 Å². The van der Waals surface area contributed by atoms with E-state index in [1.165, 1.54) is 33.4 Å². The predicted molar refractivity (Wildman–Crippen MR) is 236 cm³/mol. The van der Waals surface area contributed by atoms with Gasteiger partial charge >= 0.3 is 19.5 Å². The van der Waals surface area contributed by atoms with Gasteiger partial charge in [0.25, 0.3) is 0 Å². The molecule has 5 heterocycles. The second-order valence-electron chi connectivity index (χ2n) is 15.2. The molecule has 6 nitrogen and oxygen atoms in total. The number of nitrogens with two attached hydrogens (primary N) is 2. The van der Waals surface area contributed by atoms with Gasteiger partial charge in [-0.3, -0.25) is 0 Å². The van der Waals surface area contributed by atoms with Gasteiger partial charge in [0.15, 0.2) is 0 Å². The fraction of sp³-hybridized carbons (Fsp3) is 0.120. The molecule has 4 N–H and O–H groups in total. The molecule has 0 radical (unpaired) electrons. The van der Waals surface area contributed by atoms with Gasteiger partial charge in [0, 0.05) is 11.4 Å². The first-order valence-corrected chi connectivity index (χ1v) is 19.0. The van der Waals surface area contributed by atoms with E-state index in [2.05, 4.69) is 114 Å². The molecule has 4 aromatic carbocycles. The average molecular weight is 792 g/mol. The van der Waals surface area contributed by atoms with Crippen molar-refractivity contribution in [3.63, 3.8) is 0 Å². The van der Waals surface area contributed by atoms with E-state index in [4.69, 9.17) is 31.4 Å². The third kappa shape index (κ3) is 6.72. The zero-order valence-electron chi connectivity index (χ0n) is 33.2. The maximum absolute atomic E-state index is 6.21. The van der Waals surface area contributed by atoms with E-state index in [0.717, 1.165) is 89.4 Å². The summed E-state index contributed by atoms with van der Waals surface area (Å²) in [4.78, 5) is 21.8. The molecule has 3 aromatic heterocycles. The van der Waals surface area contributed by atoms with E-state index in [9.17, 15) is 0 Å². The van der Waals surface area contributed by atoms with Gasteiger partial charge in [-0.05, 0) is 157 Å². The molecule has 2 aliphatic rings. The Morgan fingerprint density at radius 1 is 0.368 bits per heavy atom. The Labute approximate surface area is 346 Å². The zero-order valence-corrected chi connectivity index (χ0v) is 36.2. The van der Waals surface area contributed by atoms with E-state index < -0.39 is 0 Å². The van der Waals surface area contributed by atoms with Crippen molar-refractivity contribution in [2.75, 3.05) is 11.5 Å². The van der Waals surface area contributed by atoms with Crippen LogP contribution in [0, 0.1) is 41.5 Å². The number of anilines is 2. The Bertz CT molecular complexity index is 2730. The van der Waals surface area contributed by atoms with Crippen LogP contribution in [0.2, 0.25) is 0 Å². The largest absolute Gasteiger partial charge is 2.00 e. The van der Waals surface area contributed by atoms with Crippen molar-refractivity contribution in [3.8, 4) is 44.5 Å². The molecule has 0 unspecified atom stereocenters. The number of aromatic nitrogens is 4. The Morgan fingerprint density at radius 3 is 0.965 bits per heavy atom. The molecule has 0 saturated heterocycles. The molecule has 7 aromatic rings. The minimum Gasteiger partial charge on any atom is -0.657 e. The quantitative estimate of drug-likeness (QED) is 0.136. The molecule has 0 spiro atoms. The van der Waals surface area contributed by atoms with Crippen molar-refractivity contribution in [2.45, 2.75) is 41.5 Å². The van der Waals surface area contributed by atoms with Crippen molar-refractivity contribution in [3.05, 3.63) is 153 Å². The fourth-order valence-corrected chi connectivity index (χ4v) is 8.64. The third-order valence-electron chi connectivity index (χ3n) is 10.9. The van der Waals surface area contributed by atoms with Crippen LogP contribution in [0.1, 0.15) is 56.2 Å². The maximum Gasteiger partial charge on any atom is 2.00 e. The van der Waals surface area contributed by atoms with E-state index >= 15 is 0 Å². The summed E-state index contributed by atoms with van der Waals surface area (Å²) >= 11 is 0. The Hall–Kier alpha value is -6.30. The van der Waals surface area contributed by atoms with Gasteiger partial charge in [0.05, 0.1) is 22.8 Å². The number of aryl methyl sites for hydroxylation is 6. The van der Waals surface area contributed by atoms with Crippen LogP contribution < -0.4 is 21.4 Å². The predicted octanol–water partition coefficient (Wildman–Crippen LogP) is 11.6. The summed E-state index contributed by atoms with van der Waals surface area (Å²) in [6.45, 7) is 13.0. The number of rotatable bonds is 4. The van der Waals surface area contributed by atoms with E-state index in [-0.39, 0.29) is 19.5 Å². The Balaban J connectivity index is 0.00000455. The standard InChI is InChI=1S/C50H42N6.Zn/c1-27-23-29(3)45(30(4)24-27)49-41-19-15-37(53-41)47(33-7-11-35(51)12-8-33)39-17-21-43(55-39)50(46-31(5)25-28(2)26-32(46)6)44-22-18-40(56-44)48(38-16-20-42(49)54-38)34-9-13-36(52)14-10-34;/h7-26H,51-52H2,1-6H3;/q-2;+2. The third-order valence-corrected chi connectivity index (χ3v) is 10.9. The zero-order chi connectivity index (χ0) is 38.8. The van der Waals surface area contributed by atoms with E-state index in [0.29, 0.717) is 11.4 Å². The molecule has 7 heteroatoms. The summed E-state index contributed by atoms with van der Waals surface area (Å²) in [5.41, 5.74) is 35.6. The van der Waals surface area contributed by atoms with Crippen LogP contribution in [0.4, 0.5) is 11.4 Å². The molecule has 57 heavy (non-hydrogen) atoms. The van der Waals surface area contributed by atoms with Crippen LogP contribution in [0.15, 0.2) is 97.1 Å². The number of nitrogen functional groups attached to an aromatic ring is 2. The van der Waals surface area contributed by atoms with E-state index in [1.54, 1.807) is 0 Å². The van der Waals surface area contributed by atoms with Crippen molar-refractivity contribution in [1.29, 1.82) is 0 Å². The molecular weight excluding hydrogens is 750 g/mol. The minimum absolute atomic E-state index is 0. The first-order chi connectivity index (χ1) is 27.0. The van der Waals surface area contributed by atoms with Gasteiger partial charge in [-0.25, -0.2) is 9.97 Å². The summed E-state index contributed by atoms with van der Waals surface area (Å²) in [5.74, 6) is 0. The molecular formula is C50H42N6Zn.